The minimum atomic E-state index is -0.898. The van der Waals surface area contributed by atoms with Gasteiger partial charge in [0.1, 0.15) is 11.4 Å². The molecule has 0 bridgehead atoms. The van der Waals surface area contributed by atoms with Gasteiger partial charge in [0.15, 0.2) is 5.96 Å². The first-order chi connectivity index (χ1) is 12.1. The Kier molecular flexibility index (Phi) is 7.40. The summed E-state index contributed by atoms with van der Waals surface area (Å²) in [6.45, 7) is 3.28. The van der Waals surface area contributed by atoms with Gasteiger partial charge in [-0.05, 0) is 37.0 Å². The molecule has 4 nitrogen and oxygen atoms in total. The van der Waals surface area contributed by atoms with E-state index in [0.29, 0.717) is 31.0 Å². The summed E-state index contributed by atoms with van der Waals surface area (Å²) in [6.07, 6.45) is 1.56. The zero-order chi connectivity index (χ0) is 17.7. The van der Waals surface area contributed by atoms with Gasteiger partial charge in [-0.3, -0.25) is 0 Å². The number of aryl methyl sites for hydroxylation is 1. The number of rotatable bonds is 5. The SMILES string of the molecule is CCNC(=NCc1ccccc1F)NCC1(O)CCc2ccccc21.I. The molecular formula is C20H25FIN3O. The highest BCUT2D eigenvalue weighted by Crippen LogP contribution is 2.36. The fourth-order valence-corrected chi connectivity index (χ4v) is 3.21. The van der Waals surface area contributed by atoms with Crippen molar-refractivity contribution in [3.63, 3.8) is 0 Å². The summed E-state index contributed by atoms with van der Waals surface area (Å²) in [5.41, 5.74) is 1.82. The van der Waals surface area contributed by atoms with E-state index < -0.39 is 5.60 Å². The predicted molar refractivity (Wildman–Crippen MR) is 113 cm³/mol. The molecule has 0 fully saturated rings. The topological polar surface area (TPSA) is 56.7 Å². The van der Waals surface area contributed by atoms with Crippen molar-refractivity contribution in [3.05, 3.63) is 71.0 Å². The molecule has 0 aliphatic heterocycles. The average Bonchev–Trinajstić information content (AvgIpc) is 2.97. The van der Waals surface area contributed by atoms with Gasteiger partial charge >= 0.3 is 0 Å². The minimum absolute atomic E-state index is 0. The van der Waals surface area contributed by atoms with Crippen LogP contribution in [0.15, 0.2) is 53.5 Å². The molecule has 0 saturated heterocycles. The average molecular weight is 469 g/mol. The number of nitrogens with zero attached hydrogens (tertiary/aromatic N) is 1. The Morgan fingerprint density at radius 1 is 1.15 bits per heavy atom. The third-order valence-corrected chi connectivity index (χ3v) is 4.58. The Bertz CT molecular complexity index is 768. The Hall–Kier alpha value is -1.67. The zero-order valence-corrected chi connectivity index (χ0v) is 17.2. The Labute approximate surface area is 171 Å². The maximum Gasteiger partial charge on any atom is 0.191 e. The molecule has 0 radical (unpaired) electrons. The second-order valence-electron chi connectivity index (χ2n) is 6.33. The standard InChI is InChI=1S/C20H24FN3O.HI/c1-2-22-19(23-13-16-8-4-6-10-18(16)21)24-14-20(25)12-11-15-7-3-5-9-17(15)20;/h3-10,25H,2,11-14H2,1H3,(H2,22,23,24);1H. The van der Waals surface area contributed by atoms with Gasteiger partial charge in [0.2, 0.25) is 0 Å². The lowest BCUT2D eigenvalue weighted by molar-refractivity contribution is 0.0432. The van der Waals surface area contributed by atoms with Gasteiger partial charge in [-0.1, -0.05) is 42.5 Å². The summed E-state index contributed by atoms with van der Waals surface area (Å²) in [6, 6.07) is 14.6. The van der Waals surface area contributed by atoms with Gasteiger partial charge in [-0.15, -0.1) is 24.0 Å². The van der Waals surface area contributed by atoms with Crippen LogP contribution >= 0.6 is 24.0 Å². The molecular weight excluding hydrogens is 444 g/mol. The van der Waals surface area contributed by atoms with Crippen molar-refractivity contribution in [2.24, 2.45) is 4.99 Å². The van der Waals surface area contributed by atoms with Crippen LogP contribution < -0.4 is 10.6 Å². The number of hydrogen-bond donors (Lipinski definition) is 3. The highest BCUT2D eigenvalue weighted by Gasteiger charge is 2.36. The number of hydrogen-bond acceptors (Lipinski definition) is 2. The summed E-state index contributed by atoms with van der Waals surface area (Å²) in [7, 11) is 0. The molecule has 6 heteroatoms. The van der Waals surface area contributed by atoms with E-state index in [9.17, 15) is 9.50 Å². The lowest BCUT2D eigenvalue weighted by Crippen LogP contribution is -2.45. The van der Waals surface area contributed by atoms with E-state index >= 15 is 0 Å². The molecule has 0 aromatic heterocycles. The van der Waals surface area contributed by atoms with E-state index in [0.717, 1.165) is 12.0 Å². The second-order valence-corrected chi connectivity index (χ2v) is 6.33. The number of nitrogens with one attached hydrogen (secondary N) is 2. The molecule has 1 aliphatic carbocycles. The number of fused-ring (bicyclic) bond motifs is 1. The van der Waals surface area contributed by atoms with Crippen LogP contribution in [0.5, 0.6) is 0 Å². The first-order valence-electron chi connectivity index (χ1n) is 8.69. The van der Waals surface area contributed by atoms with Crippen molar-refractivity contribution >= 4 is 29.9 Å². The van der Waals surface area contributed by atoms with Gasteiger partial charge in [0, 0.05) is 12.1 Å². The summed E-state index contributed by atoms with van der Waals surface area (Å²) in [4.78, 5) is 4.44. The van der Waals surface area contributed by atoms with E-state index in [-0.39, 0.29) is 36.3 Å². The molecule has 2 aromatic carbocycles. The molecule has 140 valence electrons. The van der Waals surface area contributed by atoms with E-state index in [1.54, 1.807) is 18.2 Å². The highest BCUT2D eigenvalue weighted by atomic mass is 127. The minimum Gasteiger partial charge on any atom is -0.383 e. The highest BCUT2D eigenvalue weighted by molar-refractivity contribution is 14.0. The molecule has 3 N–H and O–H groups in total. The van der Waals surface area contributed by atoms with Crippen LogP contribution in [-0.2, 0) is 18.6 Å². The van der Waals surface area contributed by atoms with Crippen molar-refractivity contribution in [1.82, 2.24) is 10.6 Å². The third kappa shape index (κ3) is 4.73. The number of aliphatic imine (C=N–C) groups is 1. The van der Waals surface area contributed by atoms with Crippen LogP contribution in [0.3, 0.4) is 0 Å². The largest absolute Gasteiger partial charge is 0.383 e. The number of guanidine groups is 1. The van der Waals surface area contributed by atoms with Crippen LogP contribution in [0.2, 0.25) is 0 Å². The zero-order valence-electron chi connectivity index (χ0n) is 14.8. The smallest absolute Gasteiger partial charge is 0.191 e. The Morgan fingerprint density at radius 3 is 2.65 bits per heavy atom. The van der Waals surface area contributed by atoms with Crippen LogP contribution in [0.4, 0.5) is 4.39 Å². The maximum absolute atomic E-state index is 13.7. The van der Waals surface area contributed by atoms with E-state index in [1.807, 2.05) is 25.1 Å². The van der Waals surface area contributed by atoms with E-state index in [2.05, 4.69) is 21.7 Å². The first kappa shape index (κ1) is 20.6. The van der Waals surface area contributed by atoms with Gasteiger partial charge in [0.25, 0.3) is 0 Å². The number of aliphatic hydroxyl groups is 1. The molecule has 2 aromatic rings. The van der Waals surface area contributed by atoms with E-state index in [4.69, 9.17) is 0 Å². The summed E-state index contributed by atoms with van der Waals surface area (Å²) < 4.78 is 13.7. The predicted octanol–water partition coefficient (Wildman–Crippen LogP) is 3.33. The van der Waals surface area contributed by atoms with Crippen molar-refractivity contribution in [2.75, 3.05) is 13.1 Å². The van der Waals surface area contributed by atoms with Crippen molar-refractivity contribution < 1.29 is 9.50 Å². The quantitative estimate of drug-likeness (QED) is 0.358. The second kappa shape index (κ2) is 9.32. The van der Waals surface area contributed by atoms with Gasteiger partial charge in [-0.2, -0.15) is 0 Å². The van der Waals surface area contributed by atoms with Crippen LogP contribution in [0.1, 0.15) is 30.0 Å². The van der Waals surface area contributed by atoms with Crippen molar-refractivity contribution in [1.29, 1.82) is 0 Å². The monoisotopic (exact) mass is 469 g/mol. The van der Waals surface area contributed by atoms with Gasteiger partial charge < -0.3 is 15.7 Å². The molecule has 1 atom stereocenters. The molecule has 0 amide bonds. The van der Waals surface area contributed by atoms with Gasteiger partial charge in [0.05, 0.1) is 13.1 Å². The first-order valence-corrected chi connectivity index (χ1v) is 8.69. The number of benzene rings is 2. The van der Waals surface area contributed by atoms with Crippen molar-refractivity contribution in [2.45, 2.75) is 31.9 Å². The molecule has 0 heterocycles. The molecule has 1 unspecified atom stereocenters. The fourth-order valence-electron chi connectivity index (χ4n) is 3.21. The molecule has 0 spiro atoms. The van der Waals surface area contributed by atoms with Crippen LogP contribution in [0, 0.1) is 5.82 Å². The Morgan fingerprint density at radius 2 is 1.88 bits per heavy atom. The molecule has 0 saturated carbocycles. The third-order valence-electron chi connectivity index (χ3n) is 4.58. The van der Waals surface area contributed by atoms with Crippen LogP contribution in [-0.4, -0.2) is 24.2 Å². The normalized spacial score (nSPS) is 18.8. The summed E-state index contributed by atoms with van der Waals surface area (Å²) >= 11 is 0. The van der Waals surface area contributed by atoms with E-state index in [1.165, 1.54) is 11.6 Å². The molecule has 26 heavy (non-hydrogen) atoms. The molecule has 1 aliphatic rings. The summed E-state index contributed by atoms with van der Waals surface area (Å²) in [5, 5.41) is 17.3. The van der Waals surface area contributed by atoms with Gasteiger partial charge in [-0.25, -0.2) is 9.38 Å². The lowest BCUT2D eigenvalue weighted by atomic mass is 9.96. The molecule has 3 rings (SSSR count). The number of halogens is 2. The lowest BCUT2D eigenvalue weighted by Gasteiger charge is -2.25. The Balaban J connectivity index is 0.00000243. The van der Waals surface area contributed by atoms with Crippen LogP contribution in [0.25, 0.3) is 0 Å². The summed E-state index contributed by atoms with van der Waals surface area (Å²) in [5.74, 6) is 0.314. The van der Waals surface area contributed by atoms with Crippen molar-refractivity contribution in [3.8, 4) is 0 Å². The fraction of sp³-hybridized carbons (Fsp3) is 0.350. The maximum atomic E-state index is 13.7.